The second kappa shape index (κ2) is 7.20. The van der Waals surface area contributed by atoms with Crippen LogP contribution in [0.4, 0.5) is 0 Å². The fourth-order valence-electron chi connectivity index (χ4n) is 3.82. The average Bonchev–Trinajstić information content (AvgIpc) is 3.43. The van der Waals surface area contributed by atoms with Gasteiger partial charge in [0.2, 0.25) is 0 Å². The van der Waals surface area contributed by atoms with Gasteiger partial charge in [-0.15, -0.1) is 0 Å². The van der Waals surface area contributed by atoms with Crippen LogP contribution in [0.3, 0.4) is 0 Å². The third kappa shape index (κ3) is 4.25. The standard InChI is InChI=1S/C19H29N3O/c1-2-15(11-21-17-5-6-17)10-19(3-1)23-14-16-4-7-18-12-20-8-9-22(18)13-16/h1-3,10,16-18,20-21H,4-9,11-14H2/t16-,18-/m1/s1. The van der Waals surface area contributed by atoms with E-state index >= 15 is 0 Å². The fraction of sp³-hybridized carbons (Fsp3) is 0.684. The van der Waals surface area contributed by atoms with E-state index in [1.807, 2.05) is 0 Å². The van der Waals surface area contributed by atoms with Gasteiger partial charge in [0.25, 0.3) is 0 Å². The highest BCUT2D eigenvalue weighted by atomic mass is 16.5. The molecule has 0 radical (unpaired) electrons. The molecule has 3 aliphatic rings. The van der Waals surface area contributed by atoms with E-state index in [9.17, 15) is 0 Å². The molecule has 2 atom stereocenters. The topological polar surface area (TPSA) is 36.5 Å². The summed E-state index contributed by atoms with van der Waals surface area (Å²) in [5.41, 5.74) is 1.33. The second-order valence-electron chi connectivity index (χ2n) is 7.41. The van der Waals surface area contributed by atoms with Crippen LogP contribution in [-0.4, -0.2) is 49.8 Å². The van der Waals surface area contributed by atoms with Crippen molar-refractivity contribution in [2.24, 2.45) is 5.92 Å². The summed E-state index contributed by atoms with van der Waals surface area (Å²) in [6, 6.07) is 10.1. The number of hydrogen-bond acceptors (Lipinski definition) is 4. The Kier molecular flexibility index (Phi) is 4.83. The van der Waals surface area contributed by atoms with Gasteiger partial charge in [-0.3, -0.25) is 4.90 Å². The summed E-state index contributed by atoms with van der Waals surface area (Å²) in [6.07, 6.45) is 5.29. The average molecular weight is 315 g/mol. The lowest BCUT2D eigenvalue weighted by molar-refractivity contribution is 0.0649. The Bertz CT molecular complexity index is 517. The van der Waals surface area contributed by atoms with E-state index in [1.165, 1.54) is 50.9 Å². The number of hydrogen-bond donors (Lipinski definition) is 2. The largest absolute Gasteiger partial charge is 0.493 e. The maximum absolute atomic E-state index is 6.12. The van der Waals surface area contributed by atoms with Crippen molar-refractivity contribution in [1.29, 1.82) is 0 Å². The molecule has 4 rings (SSSR count). The maximum Gasteiger partial charge on any atom is 0.119 e. The van der Waals surface area contributed by atoms with Gasteiger partial charge in [-0.05, 0) is 43.4 Å². The quantitative estimate of drug-likeness (QED) is 0.842. The van der Waals surface area contributed by atoms with Gasteiger partial charge in [0, 0.05) is 50.7 Å². The van der Waals surface area contributed by atoms with E-state index in [-0.39, 0.29) is 0 Å². The molecular weight excluding hydrogens is 286 g/mol. The smallest absolute Gasteiger partial charge is 0.119 e. The highest BCUT2D eigenvalue weighted by molar-refractivity contribution is 5.28. The number of piperazine rings is 1. The van der Waals surface area contributed by atoms with E-state index in [0.29, 0.717) is 5.92 Å². The van der Waals surface area contributed by atoms with Crippen molar-refractivity contribution in [3.63, 3.8) is 0 Å². The van der Waals surface area contributed by atoms with Gasteiger partial charge < -0.3 is 15.4 Å². The molecule has 1 aromatic rings. The minimum atomic E-state index is 0.678. The number of rotatable bonds is 6. The first kappa shape index (κ1) is 15.4. The predicted molar refractivity (Wildman–Crippen MR) is 92.8 cm³/mol. The minimum absolute atomic E-state index is 0.678. The van der Waals surface area contributed by atoms with Crippen molar-refractivity contribution in [2.75, 3.05) is 32.8 Å². The number of fused-ring (bicyclic) bond motifs is 1. The molecule has 23 heavy (non-hydrogen) atoms. The molecule has 4 heteroatoms. The molecule has 0 bridgehead atoms. The van der Waals surface area contributed by atoms with Crippen molar-refractivity contribution < 1.29 is 4.74 Å². The first-order valence-electron chi connectivity index (χ1n) is 9.27. The predicted octanol–water partition coefficient (Wildman–Crippen LogP) is 2.00. The van der Waals surface area contributed by atoms with Crippen molar-refractivity contribution in [3.05, 3.63) is 29.8 Å². The molecule has 0 spiro atoms. The molecule has 4 nitrogen and oxygen atoms in total. The lowest BCUT2D eigenvalue weighted by atomic mass is 9.92. The fourth-order valence-corrected chi connectivity index (χ4v) is 3.82. The number of nitrogens with one attached hydrogen (secondary N) is 2. The molecule has 3 fully saturated rings. The summed E-state index contributed by atoms with van der Waals surface area (Å²) >= 11 is 0. The minimum Gasteiger partial charge on any atom is -0.493 e. The van der Waals surface area contributed by atoms with Gasteiger partial charge in [-0.25, -0.2) is 0 Å². The van der Waals surface area contributed by atoms with Gasteiger partial charge in [0.05, 0.1) is 6.61 Å². The molecule has 1 aliphatic carbocycles. The van der Waals surface area contributed by atoms with Crippen LogP contribution in [0.15, 0.2) is 24.3 Å². The Labute approximate surface area is 139 Å². The Morgan fingerprint density at radius 1 is 1.22 bits per heavy atom. The molecule has 0 unspecified atom stereocenters. The second-order valence-corrected chi connectivity index (χ2v) is 7.41. The van der Waals surface area contributed by atoms with Crippen LogP contribution < -0.4 is 15.4 Å². The molecule has 2 saturated heterocycles. The summed E-state index contributed by atoms with van der Waals surface area (Å²) < 4.78 is 6.12. The van der Waals surface area contributed by atoms with Crippen LogP contribution in [0, 0.1) is 5.92 Å². The Balaban J connectivity index is 1.26. The van der Waals surface area contributed by atoms with Crippen LogP contribution in [-0.2, 0) is 6.54 Å². The van der Waals surface area contributed by atoms with Gasteiger partial charge in [0.15, 0.2) is 0 Å². The van der Waals surface area contributed by atoms with E-state index in [0.717, 1.165) is 37.5 Å². The number of nitrogens with zero attached hydrogens (tertiary/aromatic N) is 1. The summed E-state index contributed by atoms with van der Waals surface area (Å²) in [6.45, 7) is 6.53. The van der Waals surface area contributed by atoms with Gasteiger partial charge in [0.1, 0.15) is 5.75 Å². The third-order valence-electron chi connectivity index (χ3n) is 5.43. The highest BCUT2D eigenvalue weighted by Gasteiger charge is 2.30. The zero-order valence-electron chi connectivity index (χ0n) is 14.0. The first-order valence-corrected chi connectivity index (χ1v) is 9.27. The molecule has 0 aromatic heterocycles. The summed E-state index contributed by atoms with van der Waals surface area (Å²) in [5.74, 6) is 1.71. The van der Waals surface area contributed by atoms with Crippen LogP contribution in [0.2, 0.25) is 0 Å². The number of ether oxygens (including phenoxy) is 1. The van der Waals surface area contributed by atoms with Crippen molar-refractivity contribution in [3.8, 4) is 5.75 Å². The number of benzene rings is 1. The lowest BCUT2D eigenvalue weighted by Crippen LogP contribution is -2.55. The van der Waals surface area contributed by atoms with Gasteiger partial charge in [-0.1, -0.05) is 12.1 Å². The maximum atomic E-state index is 6.12. The van der Waals surface area contributed by atoms with Crippen LogP contribution in [0.25, 0.3) is 0 Å². The zero-order valence-corrected chi connectivity index (χ0v) is 14.0. The molecule has 2 aliphatic heterocycles. The molecule has 1 saturated carbocycles. The van der Waals surface area contributed by atoms with Crippen molar-refractivity contribution >= 4 is 0 Å². The van der Waals surface area contributed by atoms with Crippen molar-refractivity contribution in [2.45, 2.75) is 44.3 Å². The zero-order chi connectivity index (χ0) is 15.5. The molecule has 0 amide bonds. The molecular formula is C19H29N3O. The normalized spacial score (nSPS) is 28.3. The summed E-state index contributed by atoms with van der Waals surface area (Å²) in [4.78, 5) is 2.66. The Hall–Kier alpha value is -1.10. The van der Waals surface area contributed by atoms with Crippen LogP contribution >= 0.6 is 0 Å². The molecule has 1 aromatic carbocycles. The Morgan fingerprint density at radius 2 is 2.17 bits per heavy atom. The number of piperidine rings is 1. The van der Waals surface area contributed by atoms with Gasteiger partial charge in [-0.2, -0.15) is 0 Å². The summed E-state index contributed by atoms with van der Waals surface area (Å²) in [7, 11) is 0. The third-order valence-corrected chi connectivity index (χ3v) is 5.43. The monoisotopic (exact) mass is 315 g/mol. The van der Waals surface area contributed by atoms with Crippen LogP contribution in [0.1, 0.15) is 31.2 Å². The highest BCUT2D eigenvalue weighted by Crippen LogP contribution is 2.24. The van der Waals surface area contributed by atoms with E-state index in [2.05, 4.69) is 39.8 Å². The van der Waals surface area contributed by atoms with E-state index in [4.69, 9.17) is 4.74 Å². The van der Waals surface area contributed by atoms with E-state index < -0.39 is 0 Å². The first-order chi connectivity index (χ1) is 11.4. The van der Waals surface area contributed by atoms with E-state index in [1.54, 1.807) is 0 Å². The van der Waals surface area contributed by atoms with Gasteiger partial charge >= 0.3 is 0 Å². The lowest BCUT2D eigenvalue weighted by Gasteiger charge is -2.42. The molecule has 2 N–H and O–H groups in total. The van der Waals surface area contributed by atoms with Crippen molar-refractivity contribution in [1.82, 2.24) is 15.5 Å². The SMILES string of the molecule is c1cc(CNC2CC2)cc(OC[C@@H]2CC[C@@H]3CNCCN3C2)c1. The molecule has 126 valence electrons. The summed E-state index contributed by atoms with van der Waals surface area (Å²) in [5, 5.41) is 7.08. The Morgan fingerprint density at radius 3 is 3.09 bits per heavy atom. The molecule has 2 heterocycles. The van der Waals surface area contributed by atoms with Crippen LogP contribution in [0.5, 0.6) is 5.75 Å².